The zero-order valence-corrected chi connectivity index (χ0v) is 10.5. The van der Waals surface area contributed by atoms with E-state index in [2.05, 4.69) is 5.32 Å². The summed E-state index contributed by atoms with van der Waals surface area (Å²) in [6.07, 6.45) is 1.07. The van der Waals surface area contributed by atoms with Gasteiger partial charge < -0.3 is 15.3 Å². The molecule has 1 aliphatic heterocycles. The summed E-state index contributed by atoms with van der Waals surface area (Å²) in [5.41, 5.74) is 2.55. The lowest BCUT2D eigenvalue weighted by molar-refractivity contribution is 0.0719. The number of hydrogen-bond donors (Lipinski definition) is 2. The quantitative estimate of drug-likeness (QED) is 0.806. The normalized spacial score (nSPS) is 25.8. The van der Waals surface area contributed by atoms with Crippen molar-refractivity contribution in [1.82, 2.24) is 10.2 Å². The number of carbonyl (C=O) groups is 1. The van der Waals surface area contributed by atoms with Gasteiger partial charge in [0.1, 0.15) is 0 Å². The maximum atomic E-state index is 12.4. The summed E-state index contributed by atoms with van der Waals surface area (Å²) in [7, 11) is 0. The first-order chi connectivity index (χ1) is 8.70. The van der Waals surface area contributed by atoms with Crippen LogP contribution in [0.1, 0.15) is 27.9 Å². The van der Waals surface area contributed by atoms with Crippen LogP contribution < -0.4 is 5.32 Å². The van der Waals surface area contributed by atoms with Crippen LogP contribution in [0, 0.1) is 6.92 Å². The number of nitrogens with one attached hydrogen (secondary N) is 1. The van der Waals surface area contributed by atoms with E-state index >= 15 is 0 Å². The molecule has 4 nitrogen and oxygen atoms in total. The monoisotopic (exact) mass is 246 g/mol. The van der Waals surface area contributed by atoms with Gasteiger partial charge in [0.05, 0.1) is 6.61 Å². The number of aliphatic hydroxyl groups excluding tert-OH is 1. The molecule has 2 fully saturated rings. The van der Waals surface area contributed by atoms with Gasteiger partial charge in [0.25, 0.3) is 5.91 Å². The van der Waals surface area contributed by atoms with E-state index in [0.29, 0.717) is 17.6 Å². The maximum Gasteiger partial charge on any atom is 0.254 e. The SMILES string of the molecule is Cc1ccc(C(=O)N2CCNC3CC32)cc1CO. The number of hydrogen-bond acceptors (Lipinski definition) is 3. The average molecular weight is 246 g/mol. The summed E-state index contributed by atoms with van der Waals surface area (Å²) in [6, 6.07) is 6.47. The Kier molecular flexibility index (Phi) is 2.84. The first kappa shape index (κ1) is 11.7. The molecule has 3 rings (SSSR count). The summed E-state index contributed by atoms with van der Waals surface area (Å²) < 4.78 is 0. The predicted octanol–water partition coefficient (Wildman–Crippen LogP) is 0.674. The fraction of sp³-hybridized carbons (Fsp3) is 0.500. The smallest absolute Gasteiger partial charge is 0.254 e. The van der Waals surface area contributed by atoms with Gasteiger partial charge in [-0.05, 0) is 36.6 Å². The molecule has 1 heterocycles. The second-order valence-corrected chi connectivity index (χ2v) is 5.16. The second kappa shape index (κ2) is 4.37. The van der Waals surface area contributed by atoms with Gasteiger partial charge in [-0.15, -0.1) is 0 Å². The molecule has 1 aliphatic carbocycles. The van der Waals surface area contributed by atoms with Crippen LogP contribution in [0.25, 0.3) is 0 Å². The van der Waals surface area contributed by atoms with Gasteiger partial charge in [-0.3, -0.25) is 4.79 Å². The van der Waals surface area contributed by atoms with Crippen molar-refractivity contribution in [1.29, 1.82) is 0 Å². The molecule has 0 bridgehead atoms. The van der Waals surface area contributed by atoms with Crippen LogP contribution in [-0.2, 0) is 6.61 Å². The fourth-order valence-electron chi connectivity index (χ4n) is 2.67. The molecule has 0 radical (unpaired) electrons. The number of amides is 1. The van der Waals surface area contributed by atoms with E-state index in [1.54, 1.807) is 0 Å². The topological polar surface area (TPSA) is 52.6 Å². The van der Waals surface area contributed by atoms with Gasteiger partial charge in [-0.2, -0.15) is 0 Å². The van der Waals surface area contributed by atoms with Gasteiger partial charge in [-0.1, -0.05) is 6.07 Å². The third-order valence-corrected chi connectivity index (χ3v) is 3.94. The Morgan fingerprint density at radius 2 is 2.39 bits per heavy atom. The molecular formula is C14H18N2O2. The van der Waals surface area contributed by atoms with Crippen LogP contribution in [0.5, 0.6) is 0 Å². The van der Waals surface area contributed by atoms with E-state index in [1.165, 1.54) is 0 Å². The van der Waals surface area contributed by atoms with Crippen LogP contribution in [0.4, 0.5) is 0 Å². The molecule has 0 aromatic heterocycles. The minimum atomic E-state index is -0.0133. The molecule has 1 aromatic rings. The van der Waals surface area contributed by atoms with Crippen LogP contribution in [-0.4, -0.2) is 41.1 Å². The van der Waals surface area contributed by atoms with Crippen molar-refractivity contribution in [3.63, 3.8) is 0 Å². The average Bonchev–Trinajstić information content (AvgIpc) is 3.17. The van der Waals surface area contributed by atoms with Crippen LogP contribution >= 0.6 is 0 Å². The Bertz CT molecular complexity index is 487. The molecule has 4 heteroatoms. The Labute approximate surface area is 107 Å². The number of aliphatic hydroxyl groups is 1. The van der Waals surface area contributed by atoms with Crippen molar-refractivity contribution in [3.8, 4) is 0 Å². The fourth-order valence-corrected chi connectivity index (χ4v) is 2.67. The highest BCUT2D eigenvalue weighted by atomic mass is 16.3. The Balaban J connectivity index is 1.83. The summed E-state index contributed by atoms with van der Waals surface area (Å²) in [6.45, 7) is 3.59. The lowest BCUT2D eigenvalue weighted by Gasteiger charge is -2.27. The zero-order valence-electron chi connectivity index (χ0n) is 10.5. The highest BCUT2D eigenvalue weighted by Gasteiger charge is 2.46. The summed E-state index contributed by atoms with van der Waals surface area (Å²) in [5.74, 6) is 0.0960. The molecule has 0 spiro atoms. The zero-order chi connectivity index (χ0) is 12.7. The van der Waals surface area contributed by atoms with Crippen LogP contribution in [0.2, 0.25) is 0 Å². The predicted molar refractivity (Wildman–Crippen MR) is 68.3 cm³/mol. The van der Waals surface area contributed by atoms with E-state index in [-0.39, 0.29) is 12.5 Å². The molecule has 96 valence electrons. The van der Waals surface area contributed by atoms with E-state index in [0.717, 1.165) is 30.6 Å². The van der Waals surface area contributed by atoms with Crippen molar-refractivity contribution >= 4 is 5.91 Å². The van der Waals surface area contributed by atoms with E-state index in [1.807, 2.05) is 30.0 Å². The van der Waals surface area contributed by atoms with Crippen LogP contribution in [0.15, 0.2) is 18.2 Å². The molecular weight excluding hydrogens is 228 g/mol. The molecule has 1 saturated heterocycles. The first-order valence-corrected chi connectivity index (χ1v) is 6.45. The molecule has 1 aromatic carbocycles. The largest absolute Gasteiger partial charge is 0.392 e. The molecule has 2 N–H and O–H groups in total. The van der Waals surface area contributed by atoms with Gasteiger partial charge in [-0.25, -0.2) is 0 Å². The van der Waals surface area contributed by atoms with Gasteiger partial charge in [0.15, 0.2) is 0 Å². The summed E-state index contributed by atoms with van der Waals surface area (Å²) >= 11 is 0. The van der Waals surface area contributed by atoms with Crippen molar-refractivity contribution in [3.05, 3.63) is 34.9 Å². The van der Waals surface area contributed by atoms with E-state index in [4.69, 9.17) is 0 Å². The number of piperazine rings is 1. The molecule has 1 saturated carbocycles. The number of benzene rings is 1. The highest BCUT2D eigenvalue weighted by molar-refractivity contribution is 5.95. The second-order valence-electron chi connectivity index (χ2n) is 5.16. The molecule has 18 heavy (non-hydrogen) atoms. The lowest BCUT2D eigenvalue weighted by atomic mass is 10.0. The maximum absolute atomic E-state index is 12.4. The number of fused-ring (bicyclic) bond motifs is 1. The molecule has 1 amide bonds. The minimum Gasteiger partial charge on any atom is -0.392 e. The van der Waals surface area contributed by atoms with Crippen molar-refractivity contribution in [2.24, 2.45) is 0 Å². The van der Waals surface area contributed by atoms with Crippen LogP contribution in [0.3, 0.4) is 0 Å². The number of nitrogens with zero attached hydrogens (tertiary/aromatic N) is 1. The Morgan fingerprint density at radius 3 is 3.17 bits per heavy atom. The minimum absolute atomic E-state index is 0.0133. The number of rotatable bonds is 2. The summed E-state index contributed by atoms with van der Waals surface area (Å²) in [5, 5.41) is 12.7. The molecule has 2 aliphatic rings. The lowest BCUT2D eigenvalue weighted by Crippen LogP contribution is -2.46. The van der Waals surface area contributed by atoms with E-state index in [9.17, 15) is 9.90 Å². The third kappa shape index (κ3) is 1.91. The molecule has 2 unspecified atom stereocenters. The summed E-state index contributed by atoms with van der Waals surface area (Å²) in [4.78, 5) is 14.4. The Hall–Kier alpha value is -1.39. The van der Waals surface area contributed by atoms with Crippen molar-refractivity contribution in [2.45, 2.75) is 32.0 Å². The van der Waals surface area contributed by atoms with Gasteiger partial charge in [0, 0.05) is 30.7 Å². The van der Waals surface area contributed by atoms with Gasteiger partial charge in [0.2, 0.25) is 0 Å². The molecule has 2 atom stereocenters. The van der Waals surface area contributed by atoms with E-state index < -0.39 is 0 Å². The van der Waals surface area contributed by atoms with Gasteiger partial charge >= 0.3 is 0 Å². The number of carbonyl (C=O) groups excluding carboxylic acids is 1. The van der Waals surface area contributed by atoms with Crippen molar-refractivity contribution < 1.29 is 9.90 Å². The third-order valence-electron chi connectivity index (χ3n) is 3.94. The highest BCUT2D eigenvalue weighted by Crippen LogP contribution is 2.31. The first-order valence-electron chi connectivity index (χ1n) is 6.45. The number of aryl methyl sites for hydroxylation is 1. The van der Waals surface area contributed by atoms with Crippen molar-refractivity contribution in [2.75, 3.05) is 13.1 Å². The Morgan fingerprint density at radius 1 is 1.56 bits per heavy atom. The standard InChI is InChI=1S/C14H18N2O2/c1-9-2-3-10(6-11(9)8-17)14(18)16-5-4-15-12-7-13(12)16/h2-3,6,12-13,15,17H,4-5,7-8H2,1H3.